The van der Waals surface area contributed by atoms with Crippen LogP contribution in [0.4, 0.5) is 0 Å². The predicted octanol–water partition coefficient (Wildman–Crippen LogP) is 1.01. The maximum Gasteiger partial charge on any atom is 0.156 e. The normalized spacial score (nSPS) is 13.5. The van der Waals surface area contributed by atoms with Crippen LogP contribution in [0.3, 0.4) is 0 Å². The van der Waals surface area contributed by atoms with E-state index in [-0.39, 0.29) is 0 Å². The van der Waals surface area contributed by atoms with Gasteiger partial charge >= 0.3 is 0 Å². The topological polar surface area (TPSA) is 61.8 Å². The van der Waals surface area contributed by atoms with E-state index in [1.807, 2.05) is 6.07 Å². The number of nitrogens with zero attached hydrogens (tertiary/aromatic N) is 2. The number of hydrogen-bond donors (Lipinski definition) is 2. The van der Waals surface area contributed by atoms with E-state index in [2.05, 4.69) is 15.0 Å². The summed E-state index contributed by atoms with van der Waals surface area (Å²) in [6.07, 6.45) is 2.79. The zero-order chi connectivity index (χ0) is 8.55. The van der Waals surface area contributed by atoms with Crippen LogP contribution >= 0.6 is 0 Å². The van der Waals surface area contributed by atoms with Crippen molar-refractivity contribution in [3.63, 3.8) is 0 Å². The van der Waals surface area contributed by atoms with Gasteiger partial charge in [0, 0.05) is 6.20 Å². The zero-order valence-corrected chi connectivity index (χ0v) is 6.65. The number of aromatic nitrogens is 3. The summed E-state index contributed by atoms with van der Waals surface area (Å²) >= 11 is 0. The molecule has 4 heteroatoms. The largest absolute Gasteiger partial charge is 0.387 e. The Morgan fingerprint density at radius 3 is 3.17 bits per heavy atom. The molecule has 0 amide bonds. The van der Waals surface area contributed by atoms with Crippen molar-refractivity contribution < 1.29 is 5.11 Å². The lowest BCUT2D eigenvalue weighted by Crippen LogP contribution is -1.96. The predicted molar refractivity (Wildman–Crippen MR) is 44.5 cm³/mol. The van der Waals surface area contributed by atoms with Crippen molar-refractivity contribution in [2.75, 3.05) is 0 Å². The van der Waals surface area contributed by atoms with Gasteiger partial charge in [-0.15, -0.1) is 0 Å². The Morgan fingerprint density at radius 1 is 1.58 bits per heavy atom. The van der Waals surface area contributed by atoms with Gasteiger partial charge in [0.05, 0.1) is 18.0 Å². The summed E-state index contributed by atoms with van der Waals surface area (Å²) in [5.74, 6) is 0. The molecule has 0 aliphatic carbocycles. The molecule has 0 fully saturated rings. The van der Waals surface area contributed by atoms with Crippen LogP contribution in [-0.4, -0.2) is 20.1 Å². The van der Waals surface area contributed by atoms with Crippen molar-refractivity contribution in [2.24, 2.45) is 0 Å². The van der Waals surface area contributed by atoms with Crippen LogP contribution < -0.4 is 0 Å². The van der Waals surface area contributed by atoms with Crippen molar-refractivity contribution in [2.45, 2.75) is 13.0 Å². The van der Waals surface area contributed by atoms with Crippen LogP contribution in [0.25, 0.3) is 11.2 Å². The molecule has 2 aromatic heterocycles. The molecule has 0 aromatic carbocycles. The van der Waals surface area contributed by atoms with Crippen molar-refractivity contribution in [1.82, 2.24) is 15.0 Å². The summed E-state index contributed by atoms with van der Waals surface area (Å²) in [5.41, 5.74) is 2.12. The highest BCUT2D eigenvalue weighted by Crippen LogP contribution is 2.11. The first kappa shape index (κ1) is 7.24. The van der Waals surface area contributed by atoms with E-state index in [1.165, 1.54) is 0 Å². The van der Waals surface area contributed by atoms with Crippen LogP contribution in [0, 0.1) is 0 Å². The van der Waals surface area contributed by atoms with Gasteiger partial charge in [-0.2, -0.15) is 0 Å². The van der Waals surface area contributed by atoms with E-state index >= 15 is 0 Å². The minimum Gasteiger partial charge on any atom is -0.387 e. The summed E-state index contributed by atoms with van der Waals surface area (Å²) in [5, 5.41) is 9.20. The number of aliphatic hydroxyl groups is 1. The molecule has 0 saturated heterocycles. The van der Waals surface area contributed by atoms with Gasteiger partial charge in [-0.3, -0.25) is 4.98 Å². The van der Waals surface area contributed by atoms with E-state index in [1.54, 1.807) is 19.3 Å². The Labute approximate surface area is 69.3 Å². The third-order valence-electron chi connectivity index (χ3n) is 1.71. The lowest BCUT2D eigenvalue weighted by molar-refractivity contribution is 0.194. The molecule has 2 N–H and O–H groups in total. The molecule has 0 aliphatic rings. The minimum atomic E-state index is -0.565. The fourth-order valence-electron chi connectivity index (χ4n) is 1.04. The van der Waals surface area contributed by atoms with Crippen molar-refractivity contribution in [1.29, 1.82) is 0 Å². The molecule has 0 spiro atoms. The second kappa shape index (κ2) is 2.57. The molecule has 2 rings (SSSR count). The molecule has 62 valence electrons. The highest BCUT2D eigenvalue weighted by Gasteiger charge is 2.04. The molecule has 0 saturated carbocycles. The van der Waals surface area contributed by atoms with Crippen LogP contribution in [0.2, 0.25) is 0 Å². The van der Waals surface area contributed by atoms with Crippen molar-refractivity contribution >= 4 is 11.2 Å². The Kier molecular flexibility index (Phi) is 1.55. The number of aromatic amines is 1. The monoisotopic (exact) mass is 163 g/mol. The first-order chi connectivity index (χ1) is 5.77. The lowest BCUT2D eigenvalue weighted by Gasteiger charge is -2.01. The number of H-pyrrole nitrogens is 1. The number of fused-ring (bicyclic) bond motifs is 1. The molecule has 1 unspecified atom stereocenters. The molecule has 12 heavy (non-hydrogen) atoms. The summed E-state index contributed by atoms with van der Waals surface area (Å²) in [6.45, 7) is 1.67. The molecule has 0 aliphatic heterocycles. The molecule has 2 heterocycles. The summed E-state index contributed by atoms with van der Waals surface area (Å²) < 4.78 is 0. The molecular weight excluding hydrogens is 154 g/mol. The number of rotatable bonds is 1. The average molecular weight is 163 g/mol. The quantitative estimate of drug-likeness (QED) is 0.659. The summed E-state index contributed by atoms with van der Waals surface area (Å²) in [4.78, 5) is 11.2. The van der Waals surface area contributed by atoms with Gasteiger partial charge in [0.2, 0.25) is 0 Å². The molecular formula is C8H9N3O. The molecule has 0 radical (unpaired) electrons. The maximum atomic E-state index is 9.20. The lowest BCUT2D eigenvalue weighted by atomic mass is 10.3. The second-order valence-corrected chi connectivity index (χ2v) is 2.68. The highest BCUT2D eigenvalue weighted by atomic mass is 16.3. The van der Waals surface area contributed by atoms with Crippen LogP contribution in [0.5, 0.6) is 0 Å². The van der Waals surface area contributed by atoms with Crippen LogP contribution in [0.15, 0.2) is 18.5 Å². The second-order valence-electron chi connectivity index (χ2n) is 2.68. The van der Waals surface area contributed by atoms with E-state index < -0.39 is 6.10 Å². The Bertz CT molecular complexity index is 394. The number of aliphatic hydroxyl groups excluding tert-OH is 1. The van der Waals surface area contributed by atoms with Gasteiger partial charge in [-0.25, -0.2) is 4.98 Å². The first-order valence-electron chi connectivity index (χ1n) is 3.75. The number of nitrogens with one attached hydrogen (secondary N) is 1. The Morgan fingerprint density at radius 2 is 2.42 bits per heavy atom. The number of hydrogen-bond acceptors (Lipinski definition) is 3. The van der Waals surface area contributed by atoms with Gasteiger partial charge in [0.15, 0.2) is 5.65 Å². The fraction of sp³-hybridized carbons (Fsp3) is 0.250. The first-order valence-corrected chi connectivity index (χ1v) is 3.75. The average Bonchev–Trinajstić information content (AvgIpc) is 2.49. The van der Waals surface area contributed by atoms with Crippen LogP contribution in [0.1, 0.15) is 18.7 Å². The van der Waals surface area contributed by atoms with Gasteiger partial charge in [0.25, 0.3) is 0 Å². The van der Waals surface area contributed by atoms with Crippen molar-refractivity contribution in [3.8, 4) is 0 Å². The SMILES string of the molecule is CC(O)c1cnc2cc[nH]c2n1. The maximum absolute atomic E-state index is 9.20. The molecule has 0 bridgehead atoms. The summed E-state index contributed by atoms with van der Waals surface area (Å²) in [7, 11) is 0. The third kappa shape index (κ3) is 1.06. The van der Waals surface area contributed by atoms with Crippen LogP contribution in [-0.2, 0) is 0 Å². The molecule has 4 nitrogen and oxygen atoms in total. The van der Waals surface area contributed by atoms with Gasteiger partial charge in [-0.05, 0) is 13.0 Å². The third-order valence-corrected chi connectivity index (χ3v) is 1.71. The highest BCUT2D eigenvalue weighted by molar-refractivity contribution is 5.69. The Hall–Kier alpha value is -1.42. The molecule has 1 atom stereocenters. The standard InChI is InChI=1S/C8H9N3O/c1-5(12)7-4-10-6-2-3-9-8(6)11-7/h2-5,12H,1H3,(H,9,11). The van der Waals surface area contributed by atoms with E-state index in [0.717, 1.165) is 5.52 Å². The van der Waals surface area contributed by atoms with Crippen molar-refractivity contribution in [3.05, 3.63) is 24.2 Å². The molecule has 2 aromatic rings. The van der Waals surface area contributed by atoms with E-state index in [4.69, 9.17) is 0 Å². The summed E-state index contributed by atoms with van der Waals surface area (Å²) in [6, 6.07) is 1.84. The van der Waals surface area contributed by atoms with E-state index in [0.29, 0.717) is 11.3 Å². The van der Waals surface area contributed by atoms with Gasteiger partial charge in [-0.1, -0.05) is 0 Å². The fourth-order valence-corrected chi connectivity index (χ4v) is 1.04. The van der Waals surface area contributed by atoms with E-state index in [9.17, 15) is 5.11 Å². The van der Waals surface area contributed by atoms with Gasteiger partial charge in [0.1, 0.15) is 5.52 Å². The smallest absolute Gasteiger partial charge is 0.156 e. The Balaban J connectivity index is 2.60. The minimum absolute atomic E-state index is 0.565. The van der Waals surface area contributed by atoms with Gasteiger partial charge < -0.3 is 10.1 Å². The zero-order valence-electron chi connectivity index (χ0n) is 6.65.